The summed E-state index contributed by atoms with van der Waals surface area (Å²) in [5.41, 5.74) is 4.57. The molecular formula is C17H30. The smallest absolute Gasteiger partial charge is 0.00879 e. The third kappa shape index (κ3) is 2.09. The molecule has 1 saturated carbocycles. The van der Waals surface area contributed by atoms with Crippen LogP contribution in [-0.4, -0.2) is 0 Å². The van der Waals surface area contributed by atoms with Gasteiger partial charge in [-0.1, -0.05) is 51.7 Å². The molecule has 1 fully saturated rings. The van der Waals surface area contributed by atoms with E-state index in [9.17, 15) is 0 Å². The van der Waals surface area contributed by atoms with Gasteiger partial charge in [-0.3, -0.25) is 0 Å². The van der Waals surface area contributed by atoms with Gasteiger partial charge in [-0.15, -0.1) is 0 Å². The van der Waals surface area contributed by atoms with Gasteiger partial charge >= 0.3 is 0 Å². The highest BCUT2D eigenvalue weighted by Crippen LogP contribution is 2.57. The molecule has 2 atom stereocenters. The molecule has 0 aromatic heterocycles. The molecule has 17 heavy (non-hydrogen) atoms. The van der Waals surface area contributed by atoms with Crippen LogP contribution >= 0.6 is 0 Å². The molecule has 0 heterocycles. The van der Waals surface area contributed by atoms with E-state index in [0.29, 0.717) is 10.8 Å². The van der Waals surface area contributed by atoms with Crippen LogP contribution in [-0.2, 0) is 0 Å². The van der Waals surface area contributed by atoms with Gasteiger partial charge in [0, 0.05) is 0 Å². The van der Waals surface area contributed by atoms with Crippen molar-refractivity contribution in [3.63, 3.8) is 0 Å². The van der Waals surface area contributed by atoms with Crippen molar-refractivity contribution in [1.29, 1.82) is 0 Å². The van der Waals surface area contributed by atoms with Crippen molar-refractivity contribution in [3.05, 3.63) is 11.1 Å². The van der Waals surface area contributed by atoms with E-state index in [4.69, 9.17) is 0 Å². The molecule has 98 valence electrons. The highest BCUT2D eigenvalue weighted by molar-refractivity contribution is 5.29. The first-order valence-corrected chi connectivity index (χ1v) is 7.62. The van der Waals surface area contributed by atoms with E-state index in [1.807, 2.05) is 0 Å². The third-order valence-electron chi connectivity index (χ3n) is 5.89. The summed E-state index contributed by atoms with van der Waals surface area (Å²) >= 11 is 0. The lowest BCUT2D eigenvalue weighted by Gasteiger charge is -2.44. The predicted molar refractivity (Wildman–Crippen MR) is 76.1 cm³/mol. The minimum absolute atomic E-state index is 0.440. The quantitative estimate of drug-likeness (QED) is 0.547. The number of hydrogen-bond acceptors (Lipinski definition) is 0. The predicted octanol–water partition coefficient (Wildman–Crippen LogP) is 5.73. The monoisotopic (exact) mass is 234 g/mol. The third-order valence-corrected chi connectivity index (χ3v) is 5.89. The molecule has 0 N–H and O–H groups in total. The Morgan fingerprint density at radius 1 is 1.29 bits per heavy atom. The Morgan fingerprint density at radius 3 is 2.65 bits per heavy atom. The van der Waals surface area contributed by atoms with Crippen molar-refractivity contribution in [3.8, 4) is 0 Å². The topological polar surface area (TPSA) is 0 Å². The fraction of sp³-hybridized carbons (Fsp3) is 0.882. The Bertz CT molecular complexity index is 321. The van der Waals surface area contributed by atoms with Gasteiger partial charge < -0.3 is 0 Å². The summed E-state index contributed by atoms with van der Waals surface area (Å²) in [6.45, 7) is 12.2. The van der Waals surface area contributed by atoms with Crippen LogP contribution in [0.5, 0.6) is 0 Å². The summed E-state index contributed by atoms with van der Waals surface area (Å²) in [5.74, 6) is 0.990. The summed E-state index contributed by atoms with van der Waals surface area (Å²) in [6, 6.07) is 0. The van der Waals surface area contributed by atoms with Crippen molar-refractivity contribution >= 4 is 0 Å². The van der Waals surface area contributed by atoms with Gasteiger partial charge in [-0.05, 0) is 55.8 Å². The van der Waals surface area contributed by atoms with E-state index < -0.39 is 0 Å². The van der Waals surface area contributed by atoms with Crippen LogP contribution in [0.4, 0.5) is 0 Å². The molecule has 2 aliphatic carbocycles. The summed E-state index contributed by atoms with van der Waals surface area (Å²) in [5, 5.41) is 0. The summed E-state index contributed by atoms with van der Waals surface area (Å²) < 4.78 is 0. The molecule has 0 radical (unpaired) electrons. The second-order valence-electron chi connectivity index (χ2n) is 7.28. The minimum atomic E-state index is 0.440. The molecule has 2 aliphatic rings. The zero-order chi connectivity index (χ0) is 12.7. The molecule has 0 heteroatoms. The largest absolute Gasteiger partial charge is 0.0674 e. The maximum absolute atomic E-state index is 2.54. The maximum Gasteiger partial charge on any atom is -0.00879 e. The Hall–Kier alpha value is -0.260. The molecule has 0 aliphatic heterocycles. The van der Waals surface area contributed by atoms with Crippen LogP contribution in [0.1, 0.15) is 79.6 Å². The fourth-order valence-electron chi connectivity index (χ4n) is 4.67. The van der Waals surface area contributed by atoms with Crippen LogP contribution in [0, 0.1) is 16.7 Å². The van der Waals surface area contributed by atoms with Crippen molar-refractivity contribution in [2.24, 2.45) is 16.7 Å². The van der Waals surface area contributed by atoms with Crippen LogP contribution in [0.2, 0.25) is 0 Å². The molecule has 0 saturated heterocycles. The number of allylic oxidation sites excluding steroid dienone is 2. The molecule has 0 aromatic rings. The van der Waals surface area contributed by atoms with E-state index in [-0.39, 0.29) is 0 Å². The first kappa shape index (κ1) is 13.2. The number of rotatable bonds is 3. The van der Waals surface area contributed by atoms with E-state index >= 15 is 0 Å². The summed E-state index contributed by atoms with van der Waals surface area (Å²) in [4.78, 5) is 0. The van der Waals surface area contributed by atoms with Crippen LogP contribution in [0.3, 0.4) is 0 Å². The van der Waals surface area contributed by atoms with Gasteiger partial charge in [-0.2, -0.15) is 0 Å². The molecule has 0 nitrogen and oxygen atoms in total. The van der Waals surface area contributed by atoms with Gasteiger partial charge in [0.15, 0.2) is 0 Å². The highest BCUT2D eigenvalue weighted by Gasteiger charge is 2.45. The number of fused-ring (bicyclic) bond motifs is 1. The van der Waals surface area contributed by atoms with Gasteiger partial charge in [0.1, 0.15) is 0 Å². The van der Waals surface area contributed by atoms with Crippen molar-refractivity contribution in [2.75, 3.05) is 0 Å². The first-order chi connectivity index (χ1) is 7.92. The van der Waals surface area contributed by atoms with E-state index in [1.165, 1.54) is 44.9 Å². The van der Waals surface area contributed by atoms with E-state index in [2.05, 4.69) is 34.6 Å². The summed E-state index contributed by atoms with van der Waals surface area (Å²) in [6.07, 6.45) is 9.87. The lowest BCUT2D eigenvalue weighted by atomic mass is 9.61. The highest BCUT2D eigenvalue weighted by atomic mass is 14.5. The molecule has 0 bridgehead atoms. The zero-order valence-electron chi connectivity index (χ0n) is 12.5. The van der Waals surface area contributed by atoms with Gasteiger partial charge in [0.2, 0.25) is 0 Å². The minimum Gasteiger partial charge on any atom is -0.0674 e. The Balaban J connectivity index is 2.34. The average Bonchev–Trinajstić information content (AvgIpc) is 2.61. The Morgan fingerprint density at radius 2 is 2.00 bits per heavy atom. The van der Waals surface area contributed by atoms with Gasteiger partial charge in [0.25, 0.3) is 0 Å². The standard InChI is InChI=1S/C17H30/c1-6-11-16(3,4)15-10-9-14-8-7-12-17(14,5)13(15)2/h14H,6-12H2,1-5H3. The van der Waals surface area contributed by atoms with Crippen molar-refractivity contribution in [2.45, 2.75) is 79.6 Å². The van der Waals surface area contributed by atoms with E-state index in [0.717, 1.165) is 5.92 Å². The lowest BCUT2D eigenvalue weighted by molar-refractivity contribution is 0.225. The molecular weight excluding hydrogens is 204 g/mol. The van der Waals surface area contributed by atoms with Gasteiger partial charge in [0.05, 0.1) is 0 Å². The zero-order valence-corrected chi connectivity index (χ0v) is 12.5. The molecule has 2 rings (SSSR count). The van der Waals surface area contributed by atoms with Crippen LogP contribution in [0.15, 0.2) is 11.1 Å². The average molecular weight is 234 g/mol. The molecule has 0 amide bonds. The Kier molecular flexibility index (Phi) is 3.45. The molecule has 2 unspecified atom stereocenters. The maximum atomic E-state index is 2.54. The molecule has 0 aromatic carbocycles. The lowest BCUT2D eigenvalue weighted by Crippen LogP contribution is -2.32. The van der Waals surface area contributed by atoms with E-state index in [1.54, 1.807) is 11.1 Å². The van der Waals surface area contributed by atoms with Crippen molar-refractivity contribution < 1.29 is 0 Å². The number of hydrogen-bond donors (Lipinski definition) is 0. The van der Waals surface area contributed by atoms with Crippen LogP contribution in [0.25, 0.3) is 0 Å². The second-order valence-corrected chi connectivity index (χ2v) is 7.28. The molecule has 0 spiro atoms. The van der Waals surface area contributed by atoms with Crippen molar-refractivity contribution in [1.82, 2.24) is 0 Å². The summed E-state index contributed by atoms with van der Waals surface area (Å²) in [7, 11) is 0. The van der Waals surface area contributed by atoms with Gasteiger partial charge in [-0.25, -0.2) is 0 Å². The van der Waals surface area contributed by atoms with Crippen LogP contribution < -0.4 is 0 Å². The second kappa shape index (κ2) is 4.44. The fourth-order valence-corrected chi connectivity index (χ4v) is 4.67. The normalized spacial score (nSPS) is 34.1. The first-order valence-electron chi connectivity index (χ1n) is 7.62. The SMILES string of the molecule is CCCC(C)(C)C1=C(C)C2(C)CCCC2CC1. The Labute approximate surface area is 108 Å².